The minimum absolute atomic E-state index is 0.201. The Morgan fingerprint density at radius 2 is 2.12 bits per heavy atom. The Morgan fingerprint density at radius 3 is 2.12 bits per heavy atom. The monoisotopic (exact) mass is 118 g/mol. The van der Waals surface area contributed by atoms with Crippen LogP contribution < -0.4 is 11.5 Å². The maximum atomic E-state index is 9.85. The van der Waals surface area contributed by atoms with Gasteiger partial charge in [-0.3, -0.25) is 4.79 Å². The number of aliphatic carboxylic acids is 1. The van der Waals surface area contributed by atoms with Gasteiger partial charge in [0.25, 0.3) is 0 Å². The van der Waals surface area contributed by atoms with Gasteiger partial charge in [-0.15, -0.1) is 0 Å². The summed E-state index contributed by atoms with van der Waals surface area (Å²) in [4.78, 5) is 9.85. The number of hydrogen-bond acceptors (Lipinski definition) is 3. The molecular weight excluding hydrogens is 108 g/mol. The Kier molecular flexibility index (Phi) is 1.94. The Hall–Kier alpha value is -0.610. The van der Waals surface area contributed by atoms with Gasteiger partial charge < -0.3 is 16.6 Å². The molecule has 0 saturated heterocycles. The normalized spacial score (nSPS) is 11.4. The first-order valence-electron chi connectivity index (χ1n) is 2.21. The van der Waals surface area contributed by atoms with Crippen molar-refractivity contribution < 1.29 is 9.90 Å². The van der Waals surface area contributed by atoms with Crippen molar-refractivity contribution in [3.8, 4) is 0 Å². The molecule has 0 aromatic rings. The van der Waals surface area contributed by atoms with E-state index in [2.05, 4.69) is 0 Å². The molecule has 0 aliphatic carbocycles. The molecule has 0 radical (unpaired) electrons. The molecule has 0 unspecified atom stereocenters. The van der Waals surface area contributed by atoms with Crippen molar-refractivity contribution in [2.45, 2.75) is 19.0 Å². The highest BCUT2D eigenvalue weighted by Gasteiger charge is 2.14. The summed E-state index contributed by atoms with van der Waals surface area (Å²) in [7, 11) is 0. The van der Waals surface area contributed by atoms with Crippen molar-refractivity contribution in [1.29, 1.82) is 0 Å². The topological polar surface area (TPSA) is 89.3 Å². The predicted octanol–water partition coefficient (Wildman–Crippen LogP) is -0.905. The molecule has 4 nitrogen and oxygen atoms in total. The number of carboxylic acids is 1. The van der Waals surface area contributed by atoms with Crippen molar-refractivity contribution in [3.05, 3.63) is 0 Å². The lowest BCUT2D eigenvalue weighted by atomic mass is 10.1. The Morgan fingerprint density at radius 1 is 1.75 bits per heavy atom. The molecule has 8 heavy (non-hydrogen) atoms. The van der Waals surface area contributed by atoms with Crippen LogP contribution in [0.3, 0.4) is 0 Å². The van der Waals surface area contributed by atoms with Crippen LogP contribution in [-0.4, -0.2) is 16.7 Å². The second-order valence-electron chi connectivity index (χ2n) is 2.08. The van der Waals surface area contributed by atoms with Gasteiger partial charge in [0.05, 0.1) is 12.1 Å². The van der Waals surface area contributed by atoms with Gasteiger partial charge in [-0.2, -0.15) is 0 Å². The summed E-state index contributed by atoms with van der Waals surface area (Å²) in [6.45, 7) is 1.46. The van der Waals surface area contributed by atoms with Gasteiger partial charge in [0.2, 0.25) is 0 Å². The van der Waals surface area contributed by atoms with Crippen molar-refractivity contribution in [3.63, 3.8) is 0 Å². The maximum absolute atomic E-state index is 9.85. The largest absolute Gasteiger partial charge is 0.481 e. The summed E-state index contributed by atoms with van der Waals surface area (Å²) >= 11 is 0. The molecule has 0 fully saturated rings. The molecule has 0 spiro atoms. The number of rotatable bonds is 2. The average molecular weight is 118 g/mol. The first-order valence-corrected chi connectivity index (χ1v) is 2.21. The van der Waals surface area contributed by atoms with Crippen molar-refractivity contribution >= 4 is 5.97 Å². The fourth-order valence-electron chi connectivity index (χ4n) is 0.326. The average Bonchev–Trinajstić information content (AvgIpc) is 1.21. The molecular formula is C4H10N2O2. The van der Waals surface area contributed by atoms with Gasteiger partial charge >= 0.3 is 5.97 Å². The fraction of sp³-hybridized carbons (Fsp3) is 0.750. The molecule has 48 valence electrons. The standard InChI is InChI=1S/C4H10N2O2/c1-4(5,6)2-3(7)8/h2,5-6H2,1H3,(H,7,8). The summed E-state index contributed by atoms with van der Waals surface area (Å²) in [5.41, 5.74) is 9.19. The first kappa shape index (κ1) is 7.39. The van der Waals surface area contributed by atoms with Crippen LogP contribution in [0.5, 0.6) is 0 Å². The summed E-state index contributed by atoms with van der Waals surface area (Å²) < 4.78 is 0. The Labute approximate surface area is 47.5 Å². The molecule has 0 saturated carbocycles. The molecule has 0 amide bonds. The van der Waals surface area contributed by atoms with E-state index in [4.69, 9.17) is 16.6 Å². The van der Waals surface area contributed by atoms with E-state index >= 15 is 0 Å². The smallest absolute Gasteiger partial charge is 0.306 e. The van der Waals surface area contributed by atoms with Crippen LogP contribution in [-0.2, 0) is 4.79 Å². The number of hydrogen-bond donors (Lipinski definition) is 3. The molecule has 0 aromatic heterocycles. The number of nitrogens with two attached hydrogens (primary N) is 2. The van der Waals surface area contributed by atoms with Gasteiger partial charge in [-0.1, -0.05) is 0 Å². The zero-order valence-electron chi connectivity index (χ0n) is 4.72. The zero-order valence-corrected chi connectivity index (χ0v) is 4.72. The van der Waals surface area contributed by atoms with E-state index in [0.717, 1.165) is 0 Å². The minimum Gasteiger partial charge on any atom is -0.481 e. The number of carbonyl (C=O) groups is 1. The third-order valence-electron chi connectivity index (χ3n) is 0.532. The minimum atomic E-state index is -1.08. The van der Waals surface area contributed by atoms with Crippen LogP contribution in [0.15, 0.2) is 0 Å². The lowest BCUT2D eigenvalue weighted by molar-refractivity contribution is -0.138. The Balaban J connectivity index is 3.55. The molecule has 0 heterocycles. The quantitative estimate of drug-likeness (QED) is 0.410. The third kappa shape index (κ3) is 5.39. The predicted molar refractivity (Wildman–Crippen MR) is 29.0 cm³/mol. The van der Waals surface area contributed by atoms with Crippen LogP contribution in [0.1, 0.15) is 13.3 Å². The second-order valence-corrected chi connectivity index (χ2v) is 2.08. The molecule has 0 aromatic carbocycles. The van der Waals surface area contributed by atoms with Gasteiger partial charge in [0.1, 0.15) is 0 Å². The fourth-order valence-corrected chi connectivity index (χ4v) is 0.326. The Bertz CT molecular complexity index is 94.7. The van der Waals surface area contributed by atoms with Crippen LogP contribution >= 0.6 is 0 Å². The lowest BCUT2D eigenvalue weighted by Gasteiger charge is -2.13. The summed E-state index contributed by atoms with van der Waals surface area (Å²) in [5, 5.41) is 8.09. The SMILES string of the molecule is CC(N)(N)CC(=O)O. The van der Waals surface area contributed by atoms with Crippen LogP contribution in [0, 0.1) is 0 Å². The van der Waals surface area contributed by atoms with E-state index in [1.54, 1.807) is 0 Å². The van der Waals surface area contributed by atoms with E-state index in [-0.39, 0.29) is 6.42 Å². The lowest BCUT2D eigenvalue weighted by Crippen LogP contribution is -2.47. The van der Waals surface area contributed by atoms with E-state index in [0.29, 0.717) is 0 Å². The van der Waals surface area contributed by atoms with Crippen LogP contribution in [0.25, 0.3) is 0 Å². The molecule has 0 aliphatic rings. The van der Waals surface area contributed by atoms with Crippen LogP contribution in [0.4, 0.5) is 0 Å². The summed E-state index contributed by atoms with van der Waals surface area (Å²) in [6.07, 6.45) is -0.201. The summed E-state index contributed by atoms with van der Waals surface area (Å²) in [5.74, 6) is -0.975. The van der Waals surface area contributed by atoms with Crippen molar-refractivity contribution in [2.24, 2.45) is 11.5 Å². The van der Waals surface area contributed by atoms with Gasteiger partial charge in [-0.05, 0) is 6.92 Å². The first-order chi connectivity index (χ1) is 3.42. The molecule has 0 atom stereocenters. The zero-order chi connectivity index (χ0) is 6.78. The van der Waals surface area contributed by atoms with Gasteiger partial charge in [0, 0.05) is 0 Å². The maximum Gasteiger partial charge on any atom is 0.306 e. The molecule has 5 N–H and O–H groups in total. The van der Waals surface area contributed by atoms with Crippen molar-refractivity contribution in [2.75, 3.05) is 0 Å². The second kappa shape index (κ2) is 2.11. The highest BCUT2D eigenvalue weighted by molar-refractivity contribution is 5.68. The third-order valence-corrected chi connectivity index (χ3v) is 0.532. The highest BCUT2D eigenvalue weighted by Crippen LogP contribution is 1.93. The summed E-state index contributed by atoms with van der Waals surface area (Å²) in [6, 6.07) is 0. The molecule has 0 bridgehead atoms. The van der Waals surface area contributed by atoms with E-state index in [1.807, 2.05) is 0 Å². The van der Waals surface area contributed by atoms with E-state index < -0.39 is 11.6 Å². The van der Waals surface area contributed by atoms with Crippen molar-refractivity contribution in [1.82, 2.24) is 0 Å². The van der Waals surface area contributed by atoms with Crippen LogP contribution in [0.2, 0.25) is 0 Å². The van der Waals surface area contributed by atoms with E-state index in [9.17, 15) is 4.79 Å². The molecule has 4 heteroatoms. The highest BCUT2D eigenvalue weighted by atomic mass is 16.4. The molecule has 0 aliphatic heterocycles. The van der Waals surface area contributed by atoms with Gasteiger partial charge in [0.15, 0.2) is 0 Å². The number of carboxylic acid groups (broad SMARTS) is 1. The molecule has 0 rings (SSSR count). The van der Waals surface area contributed by atoms with E-state index in [1.165, 1.54) is 6.92 Å². The van der Waals surface area contributed by atoms with Gasteiger partial charge in [-0.25, -0.2) is 0 Å².